The fraction of sp³-hybridized carbons (Fsp3) is 0.400. The van der Waals surface area contributed by atoms with Gasteiger partial charge >= 0.3 is 5.97 Å². The van der Waals surface area contributed by atoms with Crippen LogP contribution >= 0.6 is 0 Å². The molecular weight excluding hydrogens is 366 g/mol. The van der Waals surface area contributed by atoms with Crippen molar-refractivity contribution in [1.82, 2.24) is 4.90 Å². The third-order valence-electron chi connectivity index (χ3n) is 5.11. The van der Waals surface area contributed by atoms with E-state index in [1.54, 1.807) is 12.1 Å². The van der Waals surface area contributed by atoms with Gasteiger partial charge < -0.3 is 14.2 Å². The van der Waals surface area contributed by atoms with Gasteiger partial charge in [-0.15, -0.1) is 0 Å². The van der Waals surface area contributed by atoms with Gasteiger partial charge in [0.25, 0.3) is 0 Å². The van der Waals surface area contributed by atoms with Crippen LogP contribution in [-0.4, -0.2) is 54.8 Å². The number of carbonyl (C=O) groups excluding carboxylic acids is 4. The van der Waals surface area contributed by atoms with Crippen molar-refractivity contribution in [3.05, 3.63) is 35.9 Å². The lowest BCUT2D eigenvalue weighted by Crippen LogP contribution is -2.37. The van der Waals surface area contributed by atoms with Crippen molar-refractivity contribution in [3.8, 4) is 11.5 Å². The molecule has 2 atom stereocenters. The van der Waals surface area contributed by atoms with E-state index >= 15 is 0 Å². The molecule has 0 bridgehead atoms. The van der Waals surface area contributed by atoms with E-state index in [-0.39, 0.29) is 11.8 Å². The van der Waals surface area contributed by atoms with Gasteiger partial charge in [0.1, 0.15) is 19.8 Å². The van der Waals surface area contributed by atoms with Crippen LogP contribution in [0, 0.1) is 11.8 Å². The Hall–Kier alpha value is -3.16. The SMILES string of the molecule is O=C(CN1C(=O)[C@@H]2CC=CC[C@H]2C1=O)OCC(=O)c1ccc2c(c1)OCCO2. The fourth-order valence-corrected chi connectivity index (χ4v) is 3.65. The molecule has 0 saturated carbocycles. The quantitative estimate of drug-likeness (QED) is 0.324. The highest BCUT2D eigenvalue weighted by Gasteiger charge is 2.47. The molecule has 146 valence electrons. The number of hydrogen-bond acceptors (Lipinski definition) is 7. The molecule has 2 heterocycles. The summed E-state index contributed by atoms with van der Waals surface area (Å²) >= 11 is 0. The predicted molar refractivity (Wildman–Crippen MR) is 94.8 cm³/mol. The van der Waals surface area contributed by atoms with E-state index in [4.69, 9.17) is 14.2 Å². The van der Waals surface area contributed by atoms with Gasteiger partial charge in [-0.05, 0) is 31.0 Å². The highest BCUT2D eigenvalue weighted by Crippen LogP contribution is 2.35. The maximum Gasteiger partial charge on any atom is 0.326 e. The van der Waals surface area contributed by atoms with E-state index in [9.17, 15) is 19.2 Å². The number of esters is 1. The Balaban J connectivity index is 1.33. The maximum absolute atomic E-state index is 12.4. The number of ketones is 1. The van der Waals surface area contributed by atoms with E-state index in [0.29, 0.717) is 43.1 Å². The first-order valence-electron chi connectivity index (χ1n) is 9.13. The summed E-state index contributed by atoms with van der Waals surface area (Å²) < 4.78 is 15.8. The number of nitrogens with zero attached hydrogens (tertiary/aromatic N) is 1. The molecule has 1 saturated heterocycles. The molecule has 1 aromatic carbocycles. The van der Waals surface area contributed by atoms with Crippen molar-refractivity contribution < 1.29 is 33.4 Å². The summed E-state index contributed by atoms with van der Waals surface area (Å²) in [7, 11) is 0. The number of amides is 2. The van der Waals surface area contributed by atoms with Crippen molar-refractivity contribution in [2.45, 2.75) is 12.8 Å². The summed E-state index contributed by atoms with van der Waals surface area (Å²) in [5.74, 6) is -1.69. The summed E-state index contributed by atoms with van der Waals surface area (Å²) in [6.07, 6.45) is 4.76. The number of carbonyl (C=O) groups is 4. The smallest absolute Gasteiger partial charge is 0.326 e. The van der Waals surface area contributed by atoms with E-state index in [0.717, 1.165) is 4.90 Å². The number of likely N-dealkylation sites (tertiary alicyclic amines) is 1. The minimum atomic E-state index is -0.792. The molecule has 0 aromatic heterocycles. The Bertz CT molecular complexity index is 849. The highest BCUT2D eigenvalue weighted by molar-refractivity contribution is 6.07. The third-order valence-corrected chi connectivity index (χ3v) is 5.11. The van der Waals surface area contributed by atoms with Gasteiger partial charge in [0.15, 0.2) is 23.9 Å². The van der Waals surface area contributed by atoms with E-state index in [1.165, 1.54) is 6.07 Å². The molecule has 2 amide bonds. The zero-order valence-corrected chi connectivity index (χ0v) is 15.1. The van der Waals surface area contributed by atoms with Crippen molar-refractivity contribution in [3.63, 3.8) is 0 Å². The number of fused-ring (bicyclic) bond motifs is 2. The van der Waals surface area contributed by atoms with Crippen LogP contribution in [0.4, 0.5) is 0 Å². The molecule has 0 radical (unpaired) electrons. The first kappa shape index (κ1) is 18.2. The molecular formula is C20H19NO7. The number of allylic oxidation sites excluding steroid dienone is 2. The summed E-state index contributed by atoms with van der Waals surface area (Å²) in [5, 5.41) is 0. The Morgan fingerprint density at radius 1 is 1.00 bits per heavy atom. The van der Waals surface area contributed by atoms with Gasteiger partial charge in [0, 0.05) is 5.56 Å². The second-order valence-electron chi connectivity index (χ2n) is 6.86. The number of rotatable bonds is 5. The molecule has 8 nitrogen and oxygen atoms in total. The Kier molecular flexibility index (Phi) is 4.85. The molecule has 28 heavy (non-hydrogen) atoms. The molecule has 1 fully saturated rings. The standard InChI is InChI=1S/C20H19NO7/c22-15(12-5-6-16-17(9-12)27-8-7-26-16)11-28-18(23)10-21-19(24)13-3-1-2-4-14(13)20(21)25/h1-2,5-6,9,13-14H,3-4,7-8,10-11H2/t13-,14-/m1/s1. The minimum absolute atomic E-state index is 0.322. The number of benzene rings is 1. The predicted octanol–water partition coefficient (Wildman–Crippen LogP) is 1.13. The first-order valence-corrected chi connectivity index (χ1v) is 9.13. The van der Waals surface area contributed by atoms with Gasteiger partial charge in [0.2, 0.25) is 11.8 Å². The minimum Gasteiger partial charge on any atom is -0.486 e. The summed E-state index contributed by atoms with van der Waals surface area (Å²) in [4.78, 5) is 50.0. The molecule has 2 aliphatic heterocycles. The maximum atomic E-state index is 12.4. The number of imide groups is 1. The van der Waals surface area contributed by atoms with Crippen LogP contribution in [-0.2, 0) is 19.1 Å². The number of Topliss-reactive ketones (excluding diaryl/α,β-unsaturated/α-hetero) is 1. The van der Waals surface area contributed by atoms with Crippen LogP contribution in [0.3, 0.4) is 0 Å². The van der Waals surface area contributed by atoms with E-state index in [1.807, 2.05) is 12.2 Å². The van der Waals surface area contributed by atoms with Crippen molar-refractivity contribution in [2.75, 3.05) is 26.4 Å². The summed E-state index contributed by atoms with van der Waals surface area (Å²) in [6.45, 7) is -0.110. The lowest BCUT2D eigenvalue weighted by atomic mass is 9.85. The summed E-state index contributed by atoms with van der Waals surface area (Å²) in [6, 6.07) is 4.73. The Morgan fingerprint density at radius 2 is 1.64 bits per heavy atom. The average Bonchev–Trinajstić information content (AvgIpc) is 2.97. The summed E-state index contributed by atoms with van der Waals surface area (Å²) in [5.41, 5.74) is 0.322. The highest BCUT2D eigenvalue weighted by atomic mass is 16.6. The van der Waals surface area contributed by atoms with Crippen LogP contribution in [0.2, 0.25) is 0 Å². The molecule has 0 N–H and O–H groups in total. The molecule has 0 unspecified atom stereocenters. The molecule has 4 rings (SSSR count). The van der Waals surface area contributed by atoms with Crippen molar-refractivity contribution >= 4 is 23.6 Å². The molecule has 0 spiro atoms. The van der Waals surface area contributed by atoms with Crippen LogP contribution in [0.15, 0.2) is 30.4 Å². The zero-order chi connectivity index (χ0) is 19.7. The van der Waals surface area contributed by atoms with Crippen LogP contribution < -0.4 is 9.47 Å². The monoisotopic (exact) mass is 385 g/mol. The van der Waals surface area contributed by atoms with Gasteiger partial charge in [-0.1, -0.05) is 12.2 Å². The van der Waals surface area contributed by atoms with E-state index < -0.39 is 36.7 Å². The first-order chi connectivity index (χ1) is 13.5. The van der Waals surface area contributed by atoms with Crippen LogP contribution in [0.1, 0.15) is 23.2 Å². The Morgan fingerprint density at radius 3 is 2.32 bits per heavy atom. The zero-order valence-electron chi connectivity index (χ0n) is 15.1. The second kappa shape index (κ2) is 7.46. The van der Waals surface area contributed by atoms with Gasteiger partial charge in [-0.3, -0.25) is 24.1 Å². The van der Waals surface area contributed by atoms with Crippen LogP contribution in [0.5, 0.6) is 11.5 Å². The van der Waals surface area contributed by atoms with E-state index in [2.05, 4.69) is 0 Å². The van der Waals surface area contributed by atoms with Crippen LogP contribution in [0.25, 0.3) is 0 Å². The van der Waals surface area contributed by atoms with Gasteiger partial charge in [-0.25, -0.2) is 0 Å². The van der Waals surface area contributed by atoms with Gasteiger partial charge in [-0.2, -0.15) is 0 Å². The second-order valence-corrected chi connectivity index (χ2v) is 6.86. The normalized spacial score (nSPS) is 22.8. The molecule has 8 heteroatoms. The molecule has 1 aromatic rings. The fourth-order valence-electron chi connectivity index (χ4n) is 3.65. The van der Waals surface area contributed by atoms with Gasteiger partial charge in [0.05, 0.1) is 11.8 Å². The topological polar surface area (TPSA) is 99.2 Å². The lowest BCUT2D eigenvalue weighted by molar-refractivity contribution is -0.152. The lowest BCUT2D eigenvalue weighted by Gasteiger charge is -2.18. The third kappa shape index (κ3) is 3.37. The van der Waals surface area contributed by atoms with Crippen molar-refractivity contribution in [2.24, 2.45) is 11.8 Å². The average molecular weight is 385 g/mol. The van der Waals surface area contributed by atoms with Crippen molar-refractivity contribution in [1.29, 1.82) is 0 Å². The Labute approximate surface area is 161 Å². The largest absolute Gasteiger partial charge is 0.486 e. The number of hydrogen-bond donors (Lipinski definition) is 0. The molecule has 3 aliphatic rings. The molecule has 1 aliphatic carbocycles. The number of ether oxygens (including phenoxy) is 3.